The molecule has 0 saturated carbocycles. The Labute approximate surface area is 194 Å². The molecule has 1 amide bonds. The number of amides is 1. The highest BCUT2D eigenvalue weighted by atomic mass is 19.2. The normalized spacial score (nSPS) is 10.9. The van der Waals surface area contributed by atoms with Gasteiger partial charge >= 0.3 is 0 Å². The van der Waals surface area contributed by atoms with Gasteiger partial charge in [0.25, 0.3) is 5.91 Å². The summed E-state index contributed by atoms with van der Waals surface area (Å²) in [6, 6.07) is 9.90. The SMILES string of the molecule is COc1cccc(Cn2cc(NC(=O)c3ccc(COc4c(F)c(F)c(F)c(F)c4F)o3)cn2)c1. The number of aromatic nitrogens is 2. The predicted octanol–water partition coefficient (Wildman–Crippen LogP) is 5.06. The highest BCUT2D eigenvalue weighted by molar-refractivity contribution is 6.02. The van der Waals surface area contributed by atoms with Gasteiger partial charge in [0, 0.05) is 6.20 Å². The van der Waals surface area contributed by atoms with E-state index in [4.69, 9.17) is 13.9 Å². The molecule has 0 fully saturated rings. The molecule has 0 atom stereocenters. The summed E-state index contributed by atoms with van der Waals surface area (Å²) >= 11 is 0. The molecule has 2 heterocycles. The summed E-state index contributed by atoms with van der Waals surface area (Å²) in [7, 11) is 1.56. The summed E-state index contributed by atoms with van der Waals surface area (Å²) in [5, 5.41) is 6.74. The van der Waals surface area contributed by atoms with Crippen LogP contribution in [0.5, 0.6) is 11.5 Å². The molecular formula is C23H16F5N3O4. The van der Waals surface area contributed by atoms with Gasteiger partial charge in [-0.1, -0.05) is 12.1 Å². The van der Waals surface area contributed by atoms with Crippen LogP contribution in [0, 0.1) is 29.1 Å². The minimum absolute atomic E-state index is 0.0900. The average Bonchev–Trinajstić information content (AvgIpc) is 3.51. The summed E-state index contributed by atoms with van der Waals surface area (Å²) in [6.45, 7) is -0.267. The zero-order chi connectivity index (χ0) is 25.1. The van der Waals surface area contributed by atoms with Crippen molar-refractivity contribution < 1.29 is 40.6 Å². The van der Waals surface area contributed by atoms with E-state index in [9.17, 15) is 26.7 Å². The lowest BCUT2D eigenvalue weighted by Gasteiger charge is -2.09. The van der Waals surface area contributed by atoms with E-state index < -0.39 is 47.3 Å². The highest BCUT2D eigenvalue weighted by Gasteiger charge is 2.27. The molecule has 2 aromatic carbocycles. The van der Waals surface area contributed by atoms with Gasteiger partial charge in [-0.25, -0.2) is 13.2 Å². The van der Waals surface area contributed by atoms with Gasteiger partial charge in [0.05, 0.1) is 25.5 Å². The van der Waals surface area contributed by atoms with E-state index >= 15 is 0 Å². The van der Waals surface area contributed by atoms with Gasteiger partial charge in [-0.15, -0.1) is 0 Å². The number of ether oxygens (including phenoxy) is 2. The number of nitrogens with zero attached hydrogens (tertiary/aromatic N) is 2. The van der Waals surface area contributed by atoms with Crippen molar-refractivity contribution in [1.29, 1.82) is 0 Å². The third-order valence-electron chi connectivity index (χ3n) is 4.78. The lowest BCUT2D eigenvalue weighted by Crippen LogP contribution is -2.10. The zero-order valence-electron chi connectivity index (χ0n) is 18.0. The summed E-state index contributed by atoms with van der Waals surface area (Å²) < 4.78 is 83.8. The average molecular weight is 493 g/mol. The predicted molar refractivity (Wildman–Crippen MR) is 112 cm³/mol. The molecule has 0 bridgehead atoms. The maximum absolute atomic E-state index is 13.7. The minimum atomic E-state index is -2.30. The number of anilines is 1. The Hall–Kier alpha value is -4.35. The van der Waals surface area contributed by atoms with Crippen molar-refractivity contribution in [2.75, 3.05) is 12.4 Å². The standard InChI is InChI=1S/C23H16F5N3O4/c1-33-14-4-2-3-12(7-14)9-31-10-13(8-29-31)30-23(32)16-6-5-15(35-16)11-34-22-20(27)18(25)17(24)19(26)21(22)28/h2-8,10H,9,11H2,1H3,(H,30,32). The van der Waals surface area contributed by atoms with E-state index in [0.717, 1.165) is 5.56 Å². The second-order valence-corrected chi connectivity index (χ2v) is 7.19. The Morgan fingerprint density at radius 1 is 1.03 bits per heavy atom. The van der Waals surface area contributed by atoms with Gasteiger partial charge in [0.1, 0.15) is 18.1 Å². The summed E-state index contributed by atoms with van der Waals surface area (Å²) in [5.41, 5.74) is 1.29. The summed E-state index contributed by atoms with van der Waals surface area (Å²) in [5.74, 6) is -12.5. The Bertz CT molecular complexity index is 1360. The summed E-state index contributed by atoms with van der Waals surface area (Å²) in [6.07, 6.45) is 3.02. The smallest absolute Gasteiger partial charge is 0.291 e. The number of hydrogen-bond donors (Lipinski definition) is 1. The van der Waals surface area contributed by atoms with E-state index in [2.05, 4.69) is 10.4 Å². The largest absolute Gasteiger partial charge is 0.497 e. The molecule has 4 aromatic rings. The van der Waals surface area contributed by atoms with Gasteiger partial charge in [0.15, 0.2) is 11.5 Å². The van der Waals surface area contributed by atoms with E-state index in [-0.39, 0.29) is 11.5 Å². The number of rotatable bonds is 8. The molecule has 0 aliphatic rings. The van der Waals surface area contributed by atoms with Crippen molar-refractivity contribution >= 4 is 11.6 Å². The van der Waals surface area contributed by atoms with Crippen LogP contribution in [0.25, 0.3) is 0 Å². The second kappa shape index (κ2) is 9.87. The first-order valence-electron chi connectivity index (χ1n) is 9.96. The van der Waals surface area contributed by atoms with Gasteiger partial charge in [0.2, 0.25) is 29.1 Å². The molecular weight excluding hydrogens is 477 g/mol. The molecule has 2 aromatic heterocycles. The van der Waals surface area contributed by atoms with Gasteiger partial charge < -0.3 is 19.2 Å². The number of hydrogen-bond acceptors (Lipinski definition) is 5. The maximum atomic E-state index is 13.7. The van der Waals surface area contributed by atoms with Crippen LogP contribution in [-0.4, -0.2) is 22.8 Å². The third kappa shape index (κ3) is 5.10. The first-order valence-corrected chi connectivity index (χ1v) is 9.96. The quantitative estimate of drug-likeness (QED) is 0.211. The van der Waals surface area contributed by atoms with Crippen molar-refractivity contribution in [1.82, 2.24) is 9.78 Å². The third-order valence-corrected chi connectivity index (χ3v) is 4.78. The number of methoxy groups -OCH3 is 1. The van der Waals surface area contributed by atoms with Crippen LogP contribution in [0.15, 0.2) is 53.2 Å². The van der Waals surface area contributed by atoms with E-state index in [1.165, 1.54) is 18.3 Å². The van der Waals surface area contributed by atoms with Gasteiger partial charge in [-0.2, -0.15) is 13.9 Å². The van der Waals surface area contributed by atoms with E-state index in [0.29, 0.717) is 18.0 Å². The fourth-order valence-corrected chi connectivity index (χ4v) is 3.10. The number of carbonyl (C=O) groups excluding carboxylic acids is 1. The topological polar surface area (TPSA) is 78.5 Å². The first-order chi connectivity index (χ1) is 16.8. The minimum Gasteiger partial charge on any atom is -0.497 e. The van der Waals surface area contributed by atoms with Crippen molar-refractivity contribution in [3.63, 3.8) is 0 Å². The van der Waals surface area contributed by atoms with Gasteiger partial charge in [-0.3, -0.25) is 9.48 Å². The molecule has 12 heteroatoms. The van der Waals surface area contributed by atoms with E-state index in [1.54, 1.807) is 18.0 Å². The highest BCUT2D eigenvalue weighted by Crippen LogP contribution is 2.30. The first kappa shape index (κ1) is 23.8. The molecule has 0 saturated heterocycles. The van der Waals surface area contributed by atoms with Crippen LogP contribution < -0.4 is 14.8 Å². The molecule has 0 aliphatic carbocycles. The molecule has 7 nitrogen and oxygen atoms in total. The van der Waals surface area contributed by atoms with Crippen LogP contribution in [-0.2, 0) is 13.2 Å². The molecule has 182 valence electrons. The molecule has 4 rings (SSSR count). The van der Waals surface area contributed by atoms with Crippen molar-refractivity contribution in [3.8, 4) is 11.5 Å². The number of furan rings is 1. The number of halogens is 5. The fourth-order valence-electron chi connectivity index (χ4n) is 3.10. The lowest BCUT2D eigenvalue weighted by molar-refractivity contribution is 0.0992. The number of benzene rings is 2. The molecule has 0 unspecified atom stereocenters. The summed E-state index contributed by atoms with van der Waals surface area (Å²) in [4.78, 5) is 12.4. The molecule has 0 aliphatic heterocycles. The Balaban J connectivity index is 1.38. The van der Waals surface area contributed by atoms with E-state index in [1.807, 2.05) is 24.3 Å². The monoisotopic (exact) mass is 493 g/mol. The van der Waals surface area contributed by atoms with Crippen molar-refractivity contribution in [3.05, 3.63) is 95.0 Å². The van der Waals surface area contributed by atoms with Crippen LogP contribution in [0.2, 0.25) is 0 Å². The molecule has 1 N–H and O–H groups in total. The second-order valence-electron chi connectivity index (χ2n) is 7.19. The molecule has 0 spiro atoms. The lowest BCUT2D eigenvalue weighted by atomic mass is 10.2. The van der Waals surface area contributed by atoms with Gasteiger partial charge in [-0.05, 0) is 29.8 Å². The van der Waals surface area contributed by atoms with Crippen LogP contribution in [0.4, 0.5) is 27.6 Å². The Kier molecular flexibility index (Phi) is 6.71. The van der Waals surface area contributed by atoms with Crippen LogP contribution in [0.1, 0.15) is 21.9 Å². The Morgan fingerprint density at radius 2 is 1.74 bits per heavy atom. The molecule has 35 heavy (non-hydrogen) atoms. The fraction of sp³-hybridized carbons (Fsp3) is 0.130. The number of carbonyl (C=O) groups is 1. The van der Waals surface area contributed by atoms with Crippen LogP contribution in [0.3, 0.4) is 0 Å². The Morgan fingerprint density at radius 3 is 2.46 bits per heavy atom. The van der Waals surface area contributed by atoms with Crippen molar-refractivity contribution in [2.45, 2.75) is 13.2 Å². The zero-order valence-corrected chi connectivity index (χ0v) is 18.0. The maximum Gasteiger partial charge on any atom is 0.291 e. The van der Waals surface area contributed by atoms with Crippen molar-refractivity contribution in [2.24, 2.45) is 0 Å². The number of nitrogens with one attached hydrogen (secondary N) is 1. The molecule has 0 radical (unpaired) electrons. The van der Waals surface area contributed by atoms with Crippen LogP contribution >= 0.6 is 0 Å².